The number of hydrogen-bond acceptors (Lipinski definition) is 5. The van der Waals surface area contributed by atoms with Crippen molar-refractivity contribution in [2.24, 2.45) is 0 Å². The Bertz CT molecular complexity index is 846. The first-order valence-corrected chi connectivity index (χ1v) is 10.7. The van der Waals surface area contributed by atoms with E-state index >= 15 is 0 Å². The van der Waals surface area contributed by atoms with Gasteiger partial charge in [-0.2, -0.15) is 0 Å². The Labute approximate surface area is 188 Å². The van der Waals surface area contributed by atoms with Crippen molar-refractivity contribution in [1.82, 2.24) is 9.80 Å². The van der Waals surface area contributed by atoms with Crippen molar-refractivity contribution in [2.75, 3.05) is 58.9 Å². The largest absolute Gasteiger partial charge is 0.493 e. The van der Waals surface area contributed by atoms with E-state index < -0.39 is 0 Å². The molecule has 0 aromatic heterocycles. The van der Waals surface area contributed by atoms with E-state index in [4.69, 9.17) is 38.0 Å². The molecule has 0 aliphatic carbocycles. The summed E-state index contributed by atoms with van der Waals surface area (Å²) in [7, 11) is 3.27. The highest BCUT2D eigenvalue weighted by Gasteiger charge is 2.17. The lowest BCUT2D eigenvalue weighted by molar-refractivity contribution is 0.0358. The minimum absolute atomic E-state index is 0.631. The Hall–Kier alpha value is -2.06. The molecule has 0 bridgehead atoms. The first-order chi connectivity index (χ1) is 14.6. The molecule has 1 N–H and O–H groups in total. The molecule has 8 heteroatoms. The van der Waals surface area contributed by atoms with Crippen LogP contribution in [0.2, 0.25) is 5.02 Å². The van der Waals surface area contributed by atoms with Crippen LogP contribution >= 0.6 is 23.8 Å². The van der Waals surface area contributed by atoms with Crippen LogP contribution in [0.5, 0.6) is 11.5 Å². The summed E-state index contributed by atoms with van der Waals surface area (Å²) in [5, 5.41) is 4.56. The second kappa shape index (κ2) is 11.4. The van der Waals surface area contributed by atoms with Crippen LogP contribution in [0.15, 0.2) is 42.5 Å². The Morgan fingerprint density at radius 2 is 1.87 bits per heavy atom. The monoisotopic (exact) mass is 449 g/mol. The summed E-state index contributed by atoms with van der Waals surface area (Å²) in [6.07, 6.45) is 0. The van der Waals surface area contributed by atoms with E-state index in [0.29, 0.717) is 28.2 Å². The van der Waals surface area contributed by atoms with Gasteiger partial charge in [-0.15, -0.1) is 0 Å². The molecular formula is C22H28ClN3O3S. The van der Waals surface area contributed by atoms with Gasteiger partial charge in [-0.05, 0) is 42.0 Å². The predicted molar refractivity (Wildman–Crippen MR) is 125 cm³/mol. The van der Waals surface area contributed by atoms with Crippen molar-refractivity contribution >= 4 is 34.6 Å². The van der Waals surface area contributed by atoms with E-state index in [9.17, 15) is 0 Å². The zero-order valence-electron chi connectivity index (χ0n) is 17.4. The van der Waals surface area contributed by atoms with Crippen LogP contribution in [0.25, 0.3) is 0 Å². The number of rotatable bonds is 8. The molecule has 3 rings (SSSR count). The number of nitrogens with zero attached hydrogens (tertiary/aromatic N) is 2. The van der Waals surface area contributed by atoms with Gasteiger partial charge in [0.25, 0.3) is 0 Å². The molecule has 162 valence electrons. The van der Waals surface area contributed by atoms with Gasteiger partial charge in [0.15, 0.2) is 16.6 Å². The second-order valence-electron chi connectivity index (χ2n) is 6.97. The first kappa shape index (κ1) is 22.6. The highest BCUT2D eigenvalue weighted by Crippen LogP contribution is 2.28. The quantitative estimate of drug-likeness (QED) is 0.613. The van der Waals surface area contributed by atoms with Crippen LogP contribution < -0.4 is 14.8 Å². The Morgan fingerprint density at radius 3 is 2.57 bits per heavy atom. The van der Waals surface area contributed by atoms with Gasteiger partial charge < -0.3 is 24.4 Å². The molecule has 6 nitrogen and oxygen atoms in total. The van der Waals surface area contributed by atoms with Crippen LogP contribution in [-0.2, 0) is 11.3 Å². The van der Waals surface area contributed by atoms with Crippen molar-refractivity contribution < 1.29 is 14.2 Å². The average Bonchev–Trinajstić information content (AvgIpc) is 2.78. The normalized spacial score (nSPS) is 14.2. The maximum Gasteiger partial charge on any atom is 0.173 e. The van der Waals surface area contributed by atoms with Gasteiger partial charge in [0.1, 0.15) is 0 Å². The van der Waals surface area contributed by atoms with Crippen LogP contribution in [-0.4, -0.2) is 68.5 Å². The zero-order valence-corrected chi connectivity index (χ0v) is 19.0. The molecule has 0 radical (unpaired) electrons. The van der Waals surface area contributed by atoms with Gasteiger partial charge >= 0.3 is 0 Å². The van der Waals surface area contributed by atoms with E-state index in [1.54, 1.807) is 14.2 Å². The maximum atomic E-state index is 6.31. The summed E-state index contributed by atoms with van der Waals surface area (Å²) >= 11 is 12.1. The molecule has 1 aliphatic rings. The third-order valence-corrected chi connectivity index (χ3v) is 5.70. The third kappa shape index (κ3) is 6.22. The van der Waals surface area contributed by atoms with E-state index in [0.717, 1.165) is 50.6 Å². The summed E-state index contributed by atoms with van der Waals surface area (Å²) in [5.74, 6) is 1.41. The number of hydrogen-bond donors (Lipinski definition) is 1. The van der Waals surface area contributed by atoms with Crippen LogP contribution in [0.4, 0.5) is 5.69 Å². The molecule has 1 fully saturated rings. The summed E-state index contributed by atoms with van der Waals surface area (Å²) in [6.45, 7) is 5.76. The maximum absolute atomic E-state index is 6.31. The lowest BCUT2D eigenvalue weighted by Crippen LogP contribution is -2.44. The van der Waals surface area contributed by atoms with Crippen LogP contribution in [0.3, 0.4) is 0 Å². The van der Waals surface area contributed by atoms with Crippen LogP contribution in [0, 0.1) is 0 Å². The zero-order chi connectivity index (χ0) is 21.3. The molecule has 0 amide bonds. The molecule has 2 aromatic rings. The van der Waals surface area contributed by atoms with E-state index in [1.807, 2.05) is 42.5 Å². The van der Waals surface area contributed by atoms with Gasteiger partial charge in [0.2, 0.25) is 0 Å². The number of thiocarbonyl (C=S) groups is 1. The first-order valence-electron chi connectivity index (χ1n) is 9.92. The molecule has 0 saturated carbocycles. The minimum atomic E-state index is 0.631. The standard InChI is InChI=1S/C22H28ClN3O3S/c1-27-20-8-7-17(15-21(20)28-2)16-26(10-9-25-11-13-29-14-12-25)22(30)24-19-6-4-3-5-18(19)23/h3-8,15H,9-14,16H2,1-2H3,(H,24,30). The number of methoxy groups -OCH3 is 2. The topological polar surface area (TPSA) is 46.2 Å². The fourth-order valence-corrected chi connectivity index (χ4v) is 3.74. The molecule has 1 heterocycles. The number of anilines is 1. The summed E-state index contributed by atoms with van der Waals surface area (Å²) in [4.78, 5) is 4.54. The Balaban J connectivity index is 1.74. The second-order valence-corrected chi connectivity index (χ2v) is 7.77. The Morgan fingerprint density at radius 1 is 1.13 bits per heavy atom. The van der Waals surface area contributed by atoms with Crippen molar-refractivity contribution in [1.29, 1.82) is 0 Å². The van der Waals surface area contributed by atoms with Gasteiger partial charge in [0.05, 0.1) is 38.1 Å². The summed E-state index contributed by atoms with van der Waals surface area (Å²) in [5.41, 5.74) is 1.88. The van der Waals surface area contributed by atoms with Crippen molar-refractivity contribution in [2.45, 2.75) is 6.54 Å². The van der Waals surface area contributed by atoms with Crippen LogP contribution in [0.1, 0.15) is 5.56 Å². The van der Waals surface area contributed by atoms with Gasteiger partial charge in [0, 0.05) is 32.7 Å². The highest BCUT2D eigenvalue weighted by molar-refractivity contribution is 7.80. The number of halogens is 1. The number of ether oxygens (including phenoxy) is 3. The number of morpholine rings is 1. The molecule has 0 unspecified atom stereocenters. The Kier molecular flexibility index (Phi) is 8.57. The van der Waals surface area contributed by atoms with E-state index in [-0.39, 0.29) is 0 Å². The van der Waals surface area contributed by atoms with Gasteiger partial charge in [-0.1, -0.05) is 29.8 Å². The fourth-order valence-electron chi connectivity index (χ4n) is 3.30. The number of benzene rings is 2. The van der Waals surface area contributed by atoms with Gasteiger partial charge in [-0.3, -0.25) is 4.90 Å². The molecule has 0 atom stereocenters. The molecule has 30 heavy (non-hydrogen) atoms. The molecule has 1 aliphatic heterocycles. The van der Waals surface area contributed by atoms with Gasteiger partial charge in [-0.25, -0.2) is 0 Å². The summed E-state index contributed by atoms with van der Waals surface area (Å²) in [6, 6.07) is 13.5. The smallest absolute Gasteiger partial charge is 0.173 e. The number of para-hydroxylation sites is 1. The molecule has 1 saturated heterocycles. The number of nitrogens with one attached hydrogen (secondary N) is 1. The molecular weight excluding hydrogens is 422 g/mol. The van der Waals surface area contributed by atoms with Crippen molar-refractivity contribution in [3.05, 3.63) is 53.1 Å². The SMILES string of the molecule is COc1ccc(CN(CCN2CCOCC2)C(=S)Nc2ccccc2Cl)cc1OC. The van der Waals surface area contributed by atoms with Crippen molar-refractivity contribution in [3.8, 4) is 11.5 Å². The highest BCUT2D eigenvalue weighted by atomic mass is 35.5. The lowest BCUT2D eigenvalue weighted by atomic mass is 10.2. The minimum Gasteiger partial charge on any atom is -0.493 e. The average molecular weight is 450 g/mol. The van der Waals surface area contributed by atoms with E-state index in [2.05, 4.69) is 15.1 Å². The molecule has 0 spiro atoms. The molecule has 2 aromatic carbocycles. The van der Waals surface area contributed by atoms with E-state index in [1.165, 1.54) is 0 Å². The summed E-state index contributed by atoms with van der Waals surface area (Å²) < 4.78 is 16.3. The third-order valence-electron chi connectivity index (χ3n) is 5.01. The predicted octanol–water partition coefficient (Wildman–Crippen LogP) is 3.89. The lowest BCUT2D eigenvalue weighted by Gasteiger charge is -2.31. The van der Waals surface area contributed by atoms with Crippen molar-refractivity contribution in [3.63, 3.8) is 0 Å². The fraction of sp³-hybridized carbons (Fsp3) is 0.409.